The minimum Gasteiger partial charge on any atom is -0.508 e. The van der Waals surface area contributed by atoms with E-state index in [4.69, 9.17) is 4.12 Å². The van der Waals surface area contributed by atoms with Crippen molar-refractivity contribution >= 4 is 16.6 Å². The minimum atomic E-state index is -1.72. The van der Waals surface area contributed by atoms with Crippen LogP contribution in [-0.4, -0.2) is 26.8 Å². The Morgan fingerprint density at radius 3 is 1.28 bits per heavy atom. The lowest BCUT2D eigenvalue weighted by Crippen LogP contribution is -2.44. The second kappa shape index (κ2) is 8.21. The highest BCUT2D eigenvalue weighted by Crippen LogP contribution is 2.25. The van der Waals surface area contributed by atoms with Crippen molar-refractivity contribution < 1.29 is 14.3 Å². The van der Waals surface area contributed by atoms with E-state index in [-0.39, 0.29) is 0 Å². The van der Waals surface area contributed by atoms with Crippen molar-refractivity contribution in [3.63, 3.8) is 0 Å². The summed E-state index contributed by atoms with van der Waals surface area (Å²) >= 11 is 0. The van der Waals surface area contributed by atoms with Gasteiger partial charge in [0.05, 0.1) is 0 Å². The van der Waals surface area contributed by atoms with Gasteiger partial charge in [0.25, 0.3) is 0 Å². The van der Waals surface area contributed by atoms with Crippen LogP contribution in [0.2, 0.25) is 38.3 Å². The van der Waals surface area contributed by atoms with Crippen molar-refractivity contribution in [2.24, 2.45) is 0 Å². The molecule has 0 aromatic heterocycles. The first kappa shape index (κ1) is 19.8. The molecule has 0 aliphatic carbocycles. The summed E-state index contributed by atoms with van der Waals surface area (Å²) in [5.41, 5.74) is 2.51. The fourth-order valence-corrected chi connectivity index (χ4v) is 11.6. The summed E-state index contributed by atoms with van der Waals surface area (Å²) in [6.45, 7) is 9.23. The number of aryl methyl sites for hydroxylation is 2. The summed E-state index contributed by atoms with van der Waals surface area (Å²) in [5, 5.41) is 18.8. The third kappa shape index (κ3) is 7.06. The molecule has 0 atom stereocenters. The highest BCUT2D eigenvalue weighted by Gasteiger charge is 2.32. The standard InChI is InChI=1S/C20H30O3Si2/c1-24(2,15-13-17-5-9-19(21)10-6-17)23-25(3,4)16-14-18-7-11-20(22)12-8-18/h5-12,21-22H,13-16H2,1-4H3. The molecular formula is C20H30O3Si2. The Morgan fingerprint density at radius 1 is 0.640 bits per heavy atom. The van der Waals surface area contributed by atoms with Gasteiger partial charge >= 0.3 is 0 Å². The van der Waals surface area contributed by atoms with Gasteiger partial charge in [-0.3, -0.25) is 0 Å². The zero-order valence-corrected chi connectivity index (χ0v) is 17.7. The molecule has 25 heavy (non-hydrogen) atoms. The van der Waals surface area contributed by atoms with Gasteiger partial charge in [-0.15, -0.1) is 0 Å². The van der Waals surface area contributed by atoms with Gasteiger partial charge in [0.15, 0.2) is 16.6 Å². The average molecular weight is 375 g/mol. The smallest absolute Gasteiger partial charge is 0.173 e. The second-order valence-corrected chi connectivity index (χ2v) is 16.8. The molecule has 0 heterocycles. The molecule has 0 radical (unpaired) electrons. The van der Waals surface area contributed by atoms with Crippen LogP contribution < -0.4 is 0 Å². The third-order valence-electron chi connectivity index (χ3n) is 4.46. The van der Waals surface area contributed by atoms with Crippen molar-refractivity contribution in [3.8, 4) is 11.5 Å². The maximum absolute atomic E-state index is 9.38. The van der Waals surface area contributed by atoms with Gasteiger partial charge in [-0.1, -0.05) is 24.3 Å². The zero-order chi connectivity index (χ0) is 18.5. The molecule has 5 heteroatoms. The van der Waals surface area contributed by atoms with Crippen LogP contribution in [0, 0.1) is 0 Å². The molecule has 2 N–H and O–H groups in total. The Kier molecular flexibility index (Phi) is 6.49. The van der Waals surface area contributed by atoms with E-state index in [0.717, 1.165) is 24.9 Å². The molecule has 0 aliphatic heterocycles. The molecular weight excluding hydrogens is 344 g/mol. The van der Waals surface area contributed by atoms with E-state index in [0.29, 0.717) is 11.5 Å². The normalized spacial score (nSPS) is 12.3. The van der Waals surface area contributed by atoms with Gasteiger partial charge in [0, 0.05) is 0 Å². The van der Waals surface area contributed by atoms with E-state index in [9.17, 15) is 10.2 Å². The van der Waals surface area contributed by atoms with E-state index in [1.54, 1.807) is 24.3 Å². The van der Waals surface area contributed by atoms with Crippen LogP contribution in [-0.2, 0) is 17.0 Å². The molecule has 0 amide bonds. The van der Waals surface area contributed by atoms with E-state index in [2.05, 4.69) is 26.2 Å². The van der Waals surface area contributed by atoms with Crippen LogP contribution in [0.4, 0.5) is 0 Å². The first-order chi connectivity index (χ1) is 11.7. The number of benzene rings is 2. The Bertz CT molecular complexity index is 605. The number of rotatable bonds is 8. The zero-order valence-electron chi connectivity index (χ0n) is 15.7. The SMILES string of the molecule is C[Si](C)(CCc1ccc(O)cc1)O[Si](C)(C)CCc1ccc(O)cc1. The van der Waals surface area contributed by atoms with Gasteiger partial charge < -0.3 is 14.3 Å². The second-order valence-electron chi connectivity index (χ2n) is 7.95. The predicted molar refractivity (Wildman–Crippen MR) is 109 cm³/mol. The highest BCUT2D eigenvalue weighted by molar-refractivity contribution is 6.84. The lowest BCUT2D eigenvalue weighted by atomic mass is 10.2. The van der Waals surface area contributed by atoms with Gasteiger partial charge in [-0.25, -0.2) is 0 Å². The average Bonchev–Trinajstić information content (AvgIpc) is 2.53. The Hall–Kier alpha value is -1.57. The highest BCUT2D eigenvalue weighted by atomic mass is 28.4. The first-order valence-corrected chi connectivity index (χ1v) is 15.1. The van der Waals surface area contributed by atoms with Crippen LogP contribution >= 0.6 is 0 Å². The number of phenols is 2. The topological polar surface area (TPSA) is 49.7 Å². The monoisotopic (exact) mass is 374 g/mol. The van der Waals surface area contributed by atoms with Crippen molar-refractivity contribution in [3.05, 3.63) is 59.7 Å². The molecule has 2 rings (SSSR count). The quantitative estimate of drug-likeness (QED) is 0.616. The molecule has 3 nitrogen and oxygen atoms in total. The van der Waals surface area contributed by atoms with Crippen molar-refractivity contribution in [1.29, 1.82) is 0 Å². The van der Waals surface area contributed by atoms with Gasteiger partial charge in [-0.05, 0) is 86.5 Å². The number of aromatic hydroxyl groups is 2. The molecule has 0 fully saturated rings. The predicted octanol–water partition coefficient (Wildman–Crippen LogP) is 5.31. The largest absolute Gasteiger partial charge is 0.508 e. The van der Waals surface area contributed by atoms with Crippen molar-refractivity contribution in [1.82, 2.24) is 0 Å². The van der Waals surface area contributed by atoms with Crippen LogP contribution in [0.25, 0.3) is 0 Å². The minimum absolute atomic E-state index is 0.319. The number of hydrogen-bond donors (Lipinski definition) is 2. The lowest BCUT2D eigenvalue weighted by Gasteiger charge is -2.34. The van der Waals surface area contributed by atoms with Gasteiger partial charge in [0.2, 0.25) is 0 Å². The maximum Gasteiger partial charge on any atom is 0.173 e. The van der Waals surface area contributed by atoms with Crippen LogP contribution in [0.1, 0.15) is 11.1 Å². The Morgan fingerprint density at radius 2 is 0.960 bits per heavy atom. The van der Waals surface area contributed by atoms with Gasteiger partial charge in [-0.2, -0.15) is 0 Å². The van der Waals surface area contributed by atoms with Crippen LogP contribution in [0.3, 0.4) is 0 Å². The molecule has 0 spiro atoms. The fraction of sp³-hybridized carbons (Fsp3) is 0.400. The summed E-state index contributed by atoms with van der Waals surface area (Å²) in [5.74, 6) is 0.638. The Balaban J connectivity index is 1.85. The summed E-state index contributed by atoms with van der Waals surface area (Å²) < 4.78 is 6.70. The summed E-state index contributed by atoms with van der Waals surface area (Å²) in [6, 6.07) is 17.2. The molecule has 0 bridgehead atoms. The maximum atomic E-state index is 9.38. The van der Waals surface area contributed by atoms with Crippen molar-refractivity contribution in [2.45, 2.75) is 51.1 Å². The van der Waals surface area contributed by atoms with E-state index in [1.165, 1.54) is 11.1 Å². The summed E-state index contributed by atoms with van der Waals surface area (Å²) in [6.07, 6.45) is 2.00. The van der Waals surface area contributed by atoms with E-state index in [1.807, 2.05) is 24.3 Å². The van der Waals surface area contributed by atoms with Gasteiger partial charge in [0.1, 0.15) is 11.5 Å². The molecule has 0 saturated heterocycles. The number of hydrogen-bond acceptors (Lipinski definition) is 3. The first-order valence-electron chi connectivity index (χ1n) is 8.91. The molecule has 136 valence electrons. The van der Waals surface area contributed by atoms with Crippen LogP contribution in [0.15, 0.2) is 48.5 Å². The molecule has 2 aromatic rings. The summed E-state index contributed by atoms with van der Waals surface area (Å²) in [7, 11) is -3.45. The van der Waals surface area contributed by atoms with E-state index < -0.39 is 16.6 Å². The third-order valence-corrected chi connectivity index (χ3v) is 11.8. The fourth-order valence-electron chi connectivity index (χ4n) is 3.07. The van der Waals surface area contributed by atoms with E-state index >= 15 is 0 Å². The number of phenolic OH excluding ortho intramolecular Hbond substituents is 2. The van der Waals surface area contributed by atoms with Crippen molar-refractivity contribution in [2.75, 3.05) is 0 Å². The lowest BCUT2D eigenvalue weighted by molar-refractivity contribution is 0.474. The molecule has 0 aliphatic rings. The Labute approximate surface area is 153 Å². The molecule has 0 saturated carbocycles. The van der Waals surface area contributed by atoms with Crippen LogP contribution in [0.5, 0.6) is 11.5 Å². The molecule has 0 unspecified atom stereocenters. The molecule has 2 aromatic carbocycles. The summed E-state index contributed by atoms with van der Waals surface area (Å²) in [4.78, 5) is 0.